The van der Waals surface area contributed by atoms with Crippen LogP contribution < -0.4 is 4.74 Å². The number of hydrogen-bond acceptors (Lipinski definition) is 6. The molecule has 2 atom stereocenters. The number of carbonyl (C=O) groups is 2. The Hall–Kier alpha value is -3.33. The third kappa shape index (κ3) is 13.0. The first-order valence-corrected chi connectivity index (χ1v) is 12.0. The number of amides is 2. The van der Waals surface area contributed by atoms with Gasteiger partial charge in [-0.2, -0.15) is 0 Å². The van der Waals surface area contributed by atoms with E-state index in [4.69, 9.17) is 21.2 Å². The number of likely N-dealkylation sites (N-methyl/N-ethyl adjacent to an activating group) is 1. The van der Waals surface area contributed by atoms with Gasteiger partial charge in [0.05, 0.1) is 14.2 Å². The van der Waals surface area contributed by atoms with Crippen molar-refractivity contribution in [2.24, 2.45) is 0 Å². The van der Waals surface area contributed by atoms with Crippen molar-refractivity contribution in [3.05, 3.63) is 71.8 Å². The molecule has 8 nitrogen and oxygen atoms in total. The number of halogens is 1. The molecule has 2 rings (SSSR count). The summed E-state index contributed by atoms with van der Waals surface area (Å²) < 4.78 is 5.66. The summed E-state index contributed by atoms with van der Waals surface area (Å²) in [5.74, 6) is 0.550. The fourth-order valence-electron chi connectivity index (χ4n) is 2.64. The zero-order chi connectivity index (χ0) is 28.4. The molecule has 0 fully saturated rings. The van der Waals surface area contributed by atoms with Crippen LogP contribution in [0.2, 0.25) is 0 Å². The average Bonchev–Trinajstić information content (AvgIpc) is 2.90. The smallest absolute Gasteiger partial charge is 0.286 e. The van der Waals surface area contributed by atoms with E-state index in [1.807, 2.05) is 80.6 Å². The van der Waals surface area contributed by atoms with E-state index in [0.29, 0.717) is 11.5 Å². The number of allylic oxidation sites excluding steroid dienone is 2. The molecule has 2 aromatic carbocycles. The normalized spacial score (nSPS) is 12.0. The summed E-state index contributed by atoms with van der Waals surface area (Å²) in [6, 6.07) is 14.8. The quantitative estimate of drug-likeness (QED) is 0.352. The van der Waals surface area contributed by atoms with Crippen molar-refractivity contribution in [2.45, 2.75) is 39.2 Å². The molecule has 1 N–H and O–H groups in total. The van der Waals surface area contributed by atoms with E-state index in [-0.39, 0.29) is 11.8 Å². The van der Waals surface area contributed by atoms with Crippen LogP contribution >= 0.6 is 11.6 Å². The number of carbonyl (C=O) groups excluding carboxylic acids is 2. The van der Waals surface area contributed by atoms with Gasteiger partial charge in [-0.05, 0) is 39.8 Å². The largest absolute Gasteiger partial charge is 0.507 e. The summed E-state index contributed by atoms with van der Waals surface area (Å²) in [7, 11) is 5.93. The lowest BCUT2D eigenvalue weighted by molar-refractivity contribution is -0.175. The number of hydrogen-bond donors (Lipinski definition) is 1. The molecular formula is C28H39ClN2O6. The van der Waals surface area contributed by atoms with Gasteiger partial charge in [0.25, 0.3) is 11.8 Å². The second-order valence-electron chi connectivity index (χ2n) is 7.51. The Morgan fingerprint density at radius 1 is 0.838 bits per heavy atom. The molecule has 0 bridgehead atoms. The van der Waals surface area contributed by atoms with Gasteiger partial charge in [-0.3, -0.25) is 19.3 Å². The first-order valence-electron chi connectivity index (χ1n) is 11.6. The molecule has 0 aliphatic heterocycles. The van der Waals surface area contributed by atoms with E-state index in [2.05, 4.69) is 4.84 Å². The highest BCUT2D eigenvalue weighted by Gasteiger charge is 2.19. The average molecular weight is 535 g/mol. The predicted molar refractivity (Wildman–Crippen MR) is 149 cm³/mol. The SMILES string of the molecule is CC=Cc1ccccc1O.CC=Cc1ccccc1OC(C)C(=O)N(C)OC.CON(C)C(=O)C(C)Cl. The van der Waals surface area contributed by atoms with E-state index >= 15 is 0 Å². The topological polar surface area (TPSA) is 88.5 Å². The monoisotopic (exact) mass is 534 g/mol. The van der Waals surface area contributed by atoms with Crippen LogP contribution in [-0.2, 0) is 19.3 Å². The summed E-state index contributed by atoms with van der Waals surface area (Å²) >= 11 is 5.43. The predicted octanol–water partition coefficient (Wildman–Crippen LogP) is 5.57. The van der Waals surface area contributed by atoms with E-state index < -0.39 is 11.5 Å². The van der Waals surface area contributed by atoms with Gasteiger partial charge in [-0.25, -0.2) is 10.1 Å². The number of hydroxylamine groups is 4. The first kappa shape index (κ1) is 33.7. The molecular weight excluding hydrogens is 496 g/mol. The van der Waals surface area contributed by atoms with Crippen molar-refractivity contribution in [1.82, 2.24) is 10.1 Å². The summed E-state index contributed by atoms with van der Waals surface area (Å²) in [6.45, 7) is 7.15. The molecule has 2 amide bonds. The molecule has 0 aliphatic rings. The zero-order valence-corrected chi connectivity index (χ0v) is 23.6. The number of phenolic OH excluding ortho intramolecular Hbond substituents is 1. The van der Waals surface area contributed by atoms with Gasteiger partial charge in [0.1, 0.15) is 16.9 Å². The Morgan fingerprint density at radius 3 is 1.76 bits per heavy atom. The standard InChI is InChI=1S/C14H19NO3.C9H10O.C5H10ClNO2/c1-5-8-12-9-6-7-10-13(12)18-11(2)14(16)15(3)17-4;1-2-5-8-6-3-4-7-9(8)10;1-4(6)5(8)7(2)9-3/h5-11H,1-4H3;2-7,10H,1H3;4H,1-3H3. The maximum Gasteiger partial charge on any atom is 0.286 e. The molecule has 0 saturated carbocycles. The first-order chi connectivity index (χ1) is 17.5. The van der Waals surface area contributed by atoms with Gasteiger partial charge < -0.3 is 9.84 Å². The highest BCUT2D eigenvalue weighted by Crippen LogP contribution is 2.21. The molecule has 204 valence electrons. The molecule has 0 aliphatic carbocycles. The second kappa shape index (κ2) is 18.9. The van der Waals surface area contributed by atoms with Gasteiger partial charge in [0.2, 0.25) is 0 Å². The van der Waals surface area contributed by atoms with Crippen LogP contribution in [0.25, 0.3) is 12.2 Å². The van der Waals surface area contributed by atoms with E-state index in [9.17, 15) is 14.7 Å². The lowest BCUT2D eigenvalue weighted by atomic mass is 10.2. The number of nitrogens with zero attached hydrogens (tertiary/aromatic N) is 2. The van der Waals surface area contributed by atoms with Gasteiger partial charge in [-0.1, -0.05) is 60.7 Å². The van der Waals surface area contributed by atoms with Crippen molar-refractivity contribution in [3.63, 3.8) is 0 Å². The second-order valence-corrected chi connectivity index (χ2v) is 8.16. The highest BCUT2D eigenvalue weighted by atomic mass is 35.5. The minimum absolute atomic E-state index is 0.229. The maximum absolute atomic E-state index is 11.8. The van der Waals surface area contributed by atoms with Crippen molar-refractivity contribution in [2.75, 3.05) is 28.3 Å². The number of phenols is 1. The summed E-state index contributed by atoms with van der Waals surface area (Å²) in [5.41, 5.74) is 1.81. The zero-order valence-electron chi connectivity index (χ0n) is 22.8. The third-order valence-corrected chi connectivity index (χ3v) is 4.90. The van der Waals surface area contributed by atoms with Crippen LogP contribution in [0.5, 0.6) is 11.5 Å². The number of rotatable bonds is 8. The van der Waals surface area contributed by atoms with Crippen molar-refractivity contribution in [1.29, 1.82) is 0 Å². The van der Waals surface area contributed by atoms with Crippen molar-refractivity contribution >= 4 is 35.6 Å². The molecule has 0 saturated heterocycles. The van der Waals surface area contributed by atoms with Crippen molar-refractivity contribution in [3.8, 4) is 11.5 Å². The number of ether oxygens (including phenoxy) is 1. The summed E-state index contributed by atoms with van der Waals surface area (Å²) in [6.07, 6.45) is 7.04. The van der Waals surface area contributed by atoms with E-state index in [1.165, 1.54) is 21.3 Å². The number of aromatic hydroxyl groups is 1. The van der Waals surface area contributed by atoms with Crippen LogP contribution in [0.4, 0.5) is 0 Å². The van der Waals surface area contributed by atoms with Crippen LogP contribution in [0, 0.1) is 0 Å². The molecule has 37 heavy (non-hydrogen) atoms. The number of para-hydroxylation sites is 2. The van der Waals surface area contributed by atoms with Gasteiger partial charge in [0, 0.05) is 25.2 Å². The van der Waals surface area contributed by atoms with Crippen molar-refractivity contribution < 1.29 is 29.1 Å². The Labute approximate surface area is 225 Å². The molecule has 2 aromatic rings. The Balaban J connectivity index is 0.000000577. The lowest BCUT2D eigenvalue weighted by Crippen LogP contribution is -2.37. The highest BCUT2D eigenvalue weighted by molar-refractivity contribution is 6.30. The van der Waals surface area contributed by atoms with E-state index in [1.54, 1.807) is 27.0 Å². The summed E-state index contributed by atoms with van der Waals surface area (Å²) in [4.78, 5) is 32.0. The Bertz CT molecular complexity index is 1010. The van der Waals surface area contributed by atoms with Crippen LogP contribution in [0.15, 0.2) is 60.7 Å². The number of benzene rings is 2. The Kier molecular flexibility index (Phi) is 17.2. The van der Waals surface area contributed by atoms with Gasteiger partial charge in [-0.15, -0.1) is 11.6 Å². The third-order valence-electron chi connectivity index (χ3n) is 4.71. The van der Waals surface area contributed by atoms with Crippen LogP contribution in [-0.4, -0.2) is 66.8 Å². The van der Waals surface area contributed by atoms with Crippen LogP contribution in [0.1, 0.15) is 38.8 Å². The van der Waals surface area contributed by atoms with E-state index in [0.717, 1.165) is 21.3 Å². The molecule has 2 unspecified atom stereocenters. The fraction of sp³-hybridized carbons (Fsp3) is 0.357. The molecule has 0 aromatic heterocycles. The molecule has 0 spiro atoms. The summed E-state index contributed by atoms with van der Waals surface area (Å²) in [5, 5.41) is 10.9. The minimum Gasteiger partial charge on any atom is -0.507 e. The van der Waals surface area contributed by atoms with Gasteiger partial charge in [0.15, 0.2) is 6.10 Å². The molecule has 9 heteroatoms. The van der Waals surface area contributed by atoms with Gasteiger partial charge >= 0.3 is 0 Å². The maximum atomic E-state index is 11.8. The molecule has 0 radical (unpaired) electrons. The number of alkyl halides is 1. The lowest BCUT2D eigenvalue weighted by Gasteiger charge is -2.20. The molecule has 0 heterocycles. The minimum atomic E-state index is -0.596. The van der Waals surface area contributed by atoms with Crippen LogP contribution in [0.3, 0.4) is 0 Å². The Morgan fingerprint density at radius 2 is 1.30 bits per heavy atom. The fourth-order valence-corrected chi connectivity index (χ4v) is 2.78.